The highest BCUT2D eigenvalue weighted by Gasteiger charge is 2.33. The van der Waals surface area contributed by atoms with Crippen LogP contribution in [-0.4, -0.2) is 124 Å². The predicted octanol–water partition coefficient (Wildman–Crippen LogP) is -5.76. The number of aliphatic carboxylic acids is 1. The van der Waals surface area contributed by atoms with Gasteiger partial charge in [-0.05, 0) is 45.1 Å². The molecule has 0 saturated heterocycles. The molecule has 0 aromatic carbocycles. The molecule has 0 fully saturated rings. The number of unbranched alkanes of at least 4 members (excludes halogenated alkanes) is 1. The summed E-state index contributed by atoms with van der Waals surface area (Å²) in [6.07, 6.45) is -0.990. The van der Waals surface area contributed by atoms with Gasteiger partial charge in [-0.1, -0.05) is 13.8 Å². The van der Waals surface area contributed by atoms with Crippen molar-refractivity contribution in [1.82, 2.24) is 26.6 Å². The molecule has 0 spiro atoms. The normalized spacial score (nSPS) is 15.8. The number of aliphatic hydroxyl groups excluding tert-OH is 3. The summed E-state index contributed by atoms with van der Waals surface area (Å²) in [6, 6.07) is -8.96. The average molecular weight is 649 g/mol. The summed E-state index contributed by atoms with van der Waals surface area (Å²) in [7, 11) is 0. The molecule has 0 rings (SSSR count). The van der Waals surface area contributed by atoms with Gasteiger partial charge in [0.15, 0.2) is 0 Å². The Hall–Kier alpha value is -3.91. The number of rotatable bonds is 22. The van der Waals surface area contributed by atoms with Gasteiger partial charge in [0.2, 0.25) is 35.4 Å². The van der Waals surface area contributed by atoms with E-state index >= 15 is 0 Å². The molecule has 0 aromatic heterocycles. The summed E-state index contributed by atoms with van der Waals surface area (Å²) >= 11 is 0. The lowest BCUT2D eigenvalue weighted by Gasteiger charge is -2.27. The lowest BCUT2D eigenvalue weighted by molar-refractivity contribution is -0.143. The summed E-state index contributed by atoms with van der Waals surface area (Å²) in [5.74, 6) is -7.58. The van der Waals surface area contributed by atoms with Crippen LogP contribution >= 0.6 is 0 Å². The van der Waals surface area contributed by atoms with Crippen molar-refractivity contribution in [2.75, 3.05) is 19.8 Å². The van der Waals surface area contributed by atoms with Gasteiger partial charge in [-0.15, -0.1) is 0 Å². The van der Waals surface area contributed by atoms with E-state index < -0.39 is 103 Å². The van der Waals surface area contributed by atoms with Crippen molar-refractivity contribution in [2.24, 2.45) is 23.1 Å². The van der Waals surface area contributed by atoms with Crippen molar-refractivity contribution in [3.63, 3.8) is 0 Å². The molecule has 7 atom stereocenters. The molecule has 19 heteroatoms. The third-order valence-corrected chi connectivity index (χ3v) is 6.39. The Morgan fingerprint density at radius 1 is 0.667 bits per heavy atom. The van der Waals surface area contributed by atoms with Gasteiger partial charge in [0.1, 0.15) is 36.3 Å². The van der Waals surface area contributed by atoms with Crippen LogP contribution in [0.4, 0.5) is 0 Å². The highest BCUT2D eigenvalue weighted by Crippen LogP contribution is 2.09. The first-order chi connectivity index (χ1) is 21.0. The topological polar surface area (TPSA) is 339 Å². The van der Waals surface area contributed by atoms with Crippen LogP contribution in [0, 0.1) is 5.92 Å². The lowest BCUT2D eigenvalue weighted by atomic mass is 10.0. The summed E-state index contributed by atoms with van der Waals surface area (Å²) in [5.41, 5.74) is 16.3. The molecule has 0 heterocycles. The summed E-state index contributed by atoms with van der Waals surface area (Å²) in [6.45, 7) is 3.15. The molecule has 0 aromatic rings. The maximum Gasteiger partial charge on any atom is 0.328 e. The summed E-state index contributed by atoms with van der Waals surface area (Å²) < 4.78 is 0. The molecule has 0 saturated carbocycles. The molecule has 0 aliphatic rings. The minimum atomic E-state index is -1.76. The second-order valence-electron chi connectivity index (χ2n) is 10.9. The standard InChI is InChI=1S/C26H48N8O11/c1-12(2)8-15(32-25(43)20(29)13(3)37)22(40)30-14(6-4-5-7-27)21(39)33-17(10-35)24(42)31-16(9-19(28)38)23(41)34-18(11-36)26(44)45/h12-18,20,35-37H,4-11,27,29H2,1-3H3,(H2,28,38)(H,30,40)(H,31,42)(H,32,43)(H,33,39)(H,34,41)(H,44,45)/t13-,14+,15+,16+,17+,18+,20+/m1/s1. The first-order valence-electron chi connectivity index (χ1n) is 14.4. The van der Waals surface area contributed by atoms with Gasteiger partial charge in [-0.3, -0.25) is 28.8 Å². The van der Waals surface area contributed by atoms with E-state index in [1.165, 1.54) is 6.92 Å². The van der Waals surface area contributed by atoms with Crippen molar-refractivity contribution in [1.29, 1.82) is 0 Å². The number of aliphatic hydroxyl groups is 3. The van der Waals surface area contributed by atoms with Crippen LogP contribution in [0.5, 0.6) is 0 Å². The number of primary amides is 1. The minimum absolute atomic E-state index is 0.0362. The molecule has 45 heavy (non-hydrogen) atoms. The Balaban J connectivity index is 5.89. The Labute approximate surface area is 260 Å². The van der Waals surface area contributed by atoms with E-state index in [4.69, 9.17) is 27.4 Å². The third-order valence-electron chi connectivity index (χ3n) is 6.39. The number of carboxylic acid groups (broad SMARTS) is 1. The number of carbonyl (C=O) groups excluding carboxylic acids is 6. The largest absolute Gasteiger partial charge is 0.480 e. The Morgan fingerprint density at radius 3 is 1.58 bits per heavy atom. The number of hydrogen-bond acceptors (Lipinski definition) is 12. The fraction of sp³-hybridized carbons (Fsp3) is 0.731. The maximum atomic E-state index is 13.2. The smallest absolute Gasteiger partial charge is 0.328 e. The molecule has 19 nitrogen and oxygen atoms in total. The molecule has 0 unspecified atom stereocenters. The SMILES string of the molecule is CC(C)C[C@H](NC(=O)[C@@H](N)[C@@H](C)O)C(=O)N[C@@H](CCCCN)C(=O)N[C@@H](CO)C(=O)N[C@@H](CC(N)=O)C(=O)N[C@@H](CO)C(=O)O. The van der Waals surface area contributed by atoms with Crippen molar-refractivity contribution >= 4 is 41.4 Å². The Bertz CT molecular complexity index is 1030. The number of nitrogens with one attached hydrogen (secondary N) is 5. The zero-order valence-corrected chi connectivity index (χ0v) is 25.7. The quantitative estimate of drug-likeness (QED) is 0.0487. The van der Waals surface area contributed by atoms with Crippen LogP contribution in [0.2, 0.25) is 0 Å². The molecular weight excluding hydrogens is 600 g/mol. The van der Waals surface area contributed by atoms with Crippen LogP contribution in [-0.2, 0) is 33.6 Å². The number of amides is 6. The van der Waals surface area contributed by atoms with Crippen LogP contribution in [0.1, 0.15) is 52.9 Å². The number of hydrogen-bond donors (Lipinski definition) is 12. The first kappa shape index (κ1) is 41.1. The molecule has 0 aliphatic heterocycles. The van der Waals surface area contributed by atoms with E-state index in [-0.39, 0.29) is 25.3 Å². The van der Waals surface area contributed by atoms with Crippen LogP contribution < -0.4 is 43.8 Å². The van der Waals surface area contributed by atoms with E-state index in [2.05, 4.69) is 21.3 Å². The highest BCUT2D eigenvalue weighted by molar-refractivity contribution is 5.97. The van der Waals surface area contributed by atoms with E-state index in [1.54, 1.807) is 13.8 Å². The summed E-state index contributed by atoms with van der Waals surface area (Å²) in [4.78, 5) is 87.0. The van der Waals surface area contributed by atoms with Gasteiger partial charge in [0, 0.05) is 0 Å². The van der Waals surface area contributed by atoms with Gasteiger partial charge < -0.3 is 64.2 Å². The second kappa shape index (κ2) is 20.9. The van der Waals surface area contributed by atoms with E-state index in [0.717, 1.165) is 0 Å². The first-order valence-corrected chi connectivity index (χ1v) is 14.4. The fourth-order valence-electron chi connectivity index (χ4n) is 3.83. The molecule has 0 bridgehead atoms. The molecule has 0 radical (unpaired) electrons. The Morgan fingerprint density at radius 2 is 1.11 bits per heavy atom. The third kappa shape index (κ3) is 15.6. The van der Waals surface area contributed by atoms with E-state index in [1.807, 2.05) is 5.32 Å². The minimum Gasteiger partial charge on any atom is -0.480 e. The molecule has 0 aliphatic carbocycles. The van der Waals surface area contributed by atoms with Gasteiger partial charge in [0.05, 0.1) is 25.7 Å². The average Bonchev–Trinajstić information content (AvgIpc) is 2.95. The second-order valence-corrected chi connectivity index (χ2v) is 10.9. The highest BCUT2D eigenvalue weighted by atomic mass is 16.4. The monoisotopic (exact) mass is 648 g/mol. The van der Waals surface area contributed by atoms with Crippen LogP contribution in [0.3, 0.4) is 0 Å². The van der Waals surface area contributed by atoms with Crippen molar-refractivity contribution in [2.45, 2.75) is 95.2 Å². The zero-order valence-electron chi connectivity index (χ0n) is 25.7. The Kier molecular flexibility index (Phi) is 19.1. The van der Waals surface area contributed by atoms with Gasteiger partial charge in [0.25, 0.3) is 0 Å². The van der Waals surface area contributed by atoms with E-state index in [0.29, 0.717) is 12.8 Å². The number of carboxylic acids is 1. The van der Waals surface area contributed by atoms with Crippen molar-refractivity contribution in [3.8, 4) is 0 Å². The molecule has 15 N–H and O–H groups in total. The zero-order chi connectivity index (χ0) is 34.9. The van der Waals surface area contributed by atoms with Gasteiger partial charge in [-0.25, -0.2) is 4.79 Å². The van der Waals surface area contributed by atoms with Crippen molar-refractivity contribution < 1.29 is 54.0 Å². The predicted molar refractivity (Wildman–Crippen MR) is 157 cm³/mol. The fourth-order valence-corrected chi connectivity index (χ4v) is 3.83. The number of nitrogens with two attached hydrogens (primary N) is 3. The molecule has 258 valence electrons. The summed E-state index contributed by atoms with van der Waals surface area (Å²) in [5, 5.41) is 48.9. The van der Waals surface area contributed by atoms with Crippen LogP contribution in [0.25, 0.3) is 0 Å². The van der Waals surface area contributed by atoms with Gasteiger partial charge >= 0.3 is 5.97 Å². The van der Waals surface area contributed by atoms with Crippen molar-refractivity contribution in [3.05, 3.63) is 0 Å². The lowest BCUT2D eigenvalue weighted by Crippen LogP contribution is -2.60. The van der Waals surface area contributed by atoms with E-state index in [9.17, 15) is 43.8 Å². The molecule has 6 amide bonds. The number of carbonyl (C=O) groups is 7. The maximum absolute atomic E-state index is 13.2. The molecular formula is C26H48N8O11. The van der Waals surface area contributed by atoms with Crippen LogP contribution in [0.15, 0.2) is 0 Å². The van der Waals surface area contributed by atoms with Gasteiger partial charge in [-0.2, -0.15) is 0 Å².